The van der Waals surface area contributed by atoms with Crippen molar-refractivity contribution in [3.05, 3.63) is 0 Å². The molecule has 0 bridgehead atoms. The molecule has 1 fully saturated rings. The second-order valence-corrected chi connectivity index (χ2v) is 5.21. The van der Waals surface area contributed by atoms with E-state index in [9.17, 15) is 4.79 Å². The Morgan fingerprint density at radius 1 is 1.24 bits per heavy atom. The summed E-state index contributed by atoms with van der Waals surface area (Å²) in [5.74, 6) is 1.21. The van der Waals surface area contributed by atoms with Crippen molar-refractivity contribution in [3.63, 3.8) is 0 Å². The highest BCUT2D eigenvalue weighted by atomic mass is 16.1. The summed E-state index contributed by atoms with van der Waals surface area (Å²) in [6, 6.07) is 0. The summed E-state index contributed by atoms with van der Waals surface area (Å²) >= 11 is 0. The molecule has 1 aliphatic rings. The van der Waals surface area contributed by atoms with Crippen molar-refractivity contribution in [2.75, 3.05) is 19.6 Å². The predicted molar refractivity (Wildman–Crippen MR) is 71.9 cm³/mol. The maximum Gasteiger partial charge on any atom is 0.223 e. The van der Waals surface area contributed by atoms with Gasteiger partial charge < -0.3 is 10.6 Å². The first-order chi connectivity index (χ1) is 8.27. The summed E-state index contributed by atoms with van der Waals surface area (Å²) in [5.41, 5.74) is 0. The molecule has 1 aliphatic heterocycles. The molecule has 0 aromatic carbocycles. The zero-order valence-corrected chi connectivity index (χ0v) is 11.4. The Kier molecular flexibility index (Phi) is 7.25. The lowest BCUT2D eigenvalue weighted by Crippen LogP contribution is -2.38. The molecule has 3 heteroatoms. The van der Waals surface area contributed by atoms with E-state index in [0.717, 1.165) is 45.3 Å². The molecule has 0 unspecified atom stereocenters. The Balaban J connectivity index is 2.25. The number of amides is 1. The van der Waals surface area contributed by atoms with E-state index in [1.165, 1.54) is 12.8 Å². The van der Waals surface area contributed by atoms with Crippen molar-refractivity contribution in [2.24, 2.45) is 11.8 Å². The Morgan fingerprint density at radius 2 is 1.82 bits per heavy atom. The molecule has 0 aliphatic carbocycles. The lowest BCUT2D eigenvalue weighted by atomic mass is 9.95. The number of rotatable bonds is 7. The second kappa shape index (κ2) is 8.51. The summed E-state index contributed by atoms with van der Waals surface area (Å²) in [5, 5.41) is 6.51. The fourth-order valence-corrected chi connectivity index (χ4v) is 2.58. The number of carbonyl (C=O) groups is 1. The second-order valence-electron chi connectivity index (χ2n) is 5.21. The highest BCUT2D eigenvalue weighted by molar-refractivity contribution is 5.78. The van der Waals surface area contributed by atoms with Crippen molar-refractivity contribution in [1.29, 1.82) is 0 Å². The standard InChI is InChI=1S/C14H28N2O/c1-3-5-13(6-4-2)14(17)16-11-12-7-9-15-10-8-12/h12-13,15H,3-11H2,1-2H3,(H,16,17). The molecule has 17 heavy (non-hydrogen) atoms. The minimum absolute atomic E-state index is 0.242. The average Bonchev–Trinajstić information content (AvgIpc) is 2.37. The normalized spacial score (nSPS) is 17.4. The maximum absolute atomic E-state index is 12.0. The van der Waals surface area contributed by atoms with Gasteiger partial charge in [-0.3, -0.25) is 4.79 Å². The maximum atomic E-state index is 12.0. The first-order valence-corrected chi connectivity index (χ1v) is 7.26. The van der Waals surface area contributed by atoms with Gasteiger partial charge in [0.25, 0.3) is 0 Å². The number of hydrogen-bond donors (Lipinski definition) is 2. The summed E-state index contributed by atoms with van der Waals surface area (Å²) < 4.78 is 0. The quantitative estimate of drug-likeness (QED) is 0.717. The molecule has 100 valence electrons. The smallest absolute Gasteiger partial charge is 0.223 e. The SMILES string of the molecule is CCCC(CCC)C(=O)NCC1CCNCC1. The molecule has 1 heterocycles. The largest absolute Gasteiger partial charge is 0.356 e. The van der Waals surface area contributed by atoms with Crippen molar-refractivity contribution in [3.8, 4) is 0 Å². The van der Waals surface area contributed by atoms with Crippen LogP contribution >= 0.6 is 0 Å². The van der Waals surface area contributed by atoms with Crippen LogP contribution in [0.2, 0.25) is 0 Å². The van der Waals surface area contributed by atoms with Crippen molar-refractivity contribution < 1.29 is 4.79 Å². The van der Waals surface area contributed by atoms with Crippen LogP contribution in [0.1, 0.15) is 52.4 Å². The minimum atomic E-state index is 0.242. The van der Waals surface area contributed by atoms with Gasteiger partial charge in [-0.2, -0.15) is 0 Å². The van der Waals surface area contributed by atoms with Gasteiger partial charge in [-0.25, -0.2) is 0 Å². The fraction of sp³-hybridized carbons (Fsp3) is 0.929. The van der Waals surface area contributed by atoms with Gasteiger partial charge in [-0.05, 0) is 44.7 Å². The van der Waals surface area contributed by atoms with E-state index in [0.29, 0.717) is 5.92 Å². The molecule has 0 aromatic heterocycles. The van der Waals surface area contributed by atoms with E-state index in [2.05, 4.69) is 24.5 Å². The van der Waals surface area contributed by atoms with Crippen LogP contribution in [-0.4, -0.2) is 25.5 Å². The van der Waals surface area contributed by atoms with E-state index in [1.54, 1.807) is 0 Å². The average molecular weight is 240 g/mol. The zero-order chi connectivity index (χ0) is 12.5. The van der Waals surface area contributed by atoms with Crippen LogP contribution < -0.4 is 10.6 Å². The van der Waals surface area contributed by atoms with Crippen LogP contribution in [0.25, 0.3) is 0 Å². The van der Waals surface area contributed by atoms with Crippen molar-refractivity contribution >= 4 is 5.91 Å². The van der Waals surface area contributed by atoms with Crippen LogP contribution in [0.4, 0.5) is 0 Å². The Hall–Kier alpha value is -0.570. The molecule has 1 rings (SSSR count). The van der Waals surface area contributed by atoms with Crippen LogP contribution in [0.5, 0.6) is 0 Å². The van der Waals surface area contributed by atoms with Gasteiger partial charge in [0.05, 0.1) is 0 Å². The lowest BCUT2D eigenvalue weighted by molar-refractivity contribution is -0.125. The van der Waals surface area contributed by atoms with Crippen molar-refractivity contribution in [2.45, 2.75) is 52.4 Å². The molecular weight excluding hydrogens is 212 g/mol. The Labute approximate surface area is 106 Å². The first kappa shape index (κ1) is 14.5. The van der Waals surface area contributed by atoms with E-state index in [1.807, 2.05) is 0 Å². The van der Waals surface area contributed by atoms with Crippen LogP contribution in [0.15, 0.2) is 0 Å². The summed E-state index contributed by atoms with van der Waals surface area (Å²) in [4.78, 5) is 12.0. The van der Waals surface area contributed by atoms with E-state index >= 15 is 0 Å². The predicted octanol–water partition coefficient (Wildman–Crippen LogP) is 2.32. The summed E-state index contributed by atoms with van der Waals surface area (Å²) in [7, 11) is 0. The van der Waals surface area contributed by atoms with Gasteiger partial charge in [0, 0.05) is 12.5 Å². The summed E-state index contributed by atoms with van der Waals surface area (Å²) in [6.45, 7) is 7.40. The van der Waals surface area contributed by atoms with Crippen LogP contribution in [-0.2, 0) is 4.79 Å². The van der Waals surface area contributed by atoms with Gasteiger partial charge in [-0.1, -0.05) is 26.7 Å². The van der Waals surface area contributed by atoms with E-state index in [4.69, 9.17) is 0 Å². The molecule has 0 atom stereocenters. The topological polar surface area (TPSA) is 41.1 Å². The molecule has 1 amide bonds. The van der Waals surface area contributed by atoms with E-state index < -0.39 is 0 Å². The third-order valence-electron chi connectivity index (χ3n) is 3.67. The van der Waals surface area contributed by atoms with Gasteiger partial charge in [-0.15, -0.1) is 0 Å². The van der Waals surface area contributed by atoms with Crippen LogP contribution in [0, 0.1) is 11.8 Å². The third-order valence-corrected chi connectivity index (χ3v) is 3.67. The fourth-order valence-electron chi connectivity index (χ4n) is 2.58. The van der Waals surface area contributed by atoms with Crippen LogP contribution in [0.3, 0.4) is 0 Å². The van der Waals surface area contributed by atoms with Gasteiger partial charge in [0.15, 0.2) is 0 Å². The molecule has 0 radical (unpaired) electrons. The molecular formula is C14H28N2O. The molecule has 0 spiro atoms. The Bertz CT molecular complexity index is 206. The number of hydrogen-bond acceptors (Lipinski definition) is 2. The molecule has 0 aromatic rings. The zero-order valence-electron chi connectivity index (χ0n) is 11.4. The third kappa shape index (κ3) is 5.53. The highest BCUT2D eigenvalue weighted by Gasteiger charge is 2.18. The van der Waals surface area contributed by atoms with E-state index in [-0.39, 0.29) is 11.8 Å². The molecule has 0 saturated carbocycles. The molecule has 1 saturated heterocycles. The van der Waals surface area contributed by atoms with Gasteiger partial charge in [0.1, 0.15) is 0 Å². The highest BCUT2D eigenvalue weighted by Crippen LogP contribution is 2.15. The first-order valence-electron chi connectivity index (χ1n) is 7.26. The Morgan fingerprint density at radius 3 is 2.35 bits per heavy atom. The minimum Gasteiger partial charge on any atom is -0.356 e. The van der Waals surface area contributed by atoms with Gasteiger partial charge in [0.2, 0.25) is 5.91 Å². The van der Waals surface area contributed by atoms with Gasteiger partial charge >= 0.3 is 0 Å². The summed E-state index contributed by atoms with van der Waals surface area (Å²) in [6.07, 6.45) is 6.67. The number of carbonyl (C=O) groups excluding carboxylic acids is 1. The number of nitrogens with one attached hydrogen (secondary N) is 2. The number of piperidine rings is 1. The van der Waals surface area contributed by atoms with Crippen molar-refractivity contribution in [1.82, 2.24) is 10.6 Å². The molecule has 3 nitrogen and oxygen atoms in total. The monoisotopic (exact) mass is 240 g/mol. The lowest BCUT2D eigenvalue weighted by Gasteiger charge is -2.24. The molecule has 2 N–H and O–H groups in total.